The summed E-state index contributed by atoms with van der Waals surface area (Å²) in [6.45, 7) is 0. The Morgan fingerprint density at radius 3 is 1.83 bits per heavy atom. The zero-order chi connectivity index (χ0) is 19.5. The van der Waals surface area contributed by atoms with E-state index in [4.69, 9.17) is 0 Å². The molecular weight excluding hydrogens is 372 g/mol. The van der Waals surface area contributed by atoms with Crippen molar-refractivity contribution in [3.63, 3.8) is 0 Å². The molecule has 0 radical (unpaired) electrons. The Morgan fingerprint density at radius 1 is 0.621 bits per heavy atom. The molecule has 0 atom stereocenters. The SMILES string of the molecule is C1=[N+](c2ccccc2)CSc2c1cccc2N(c1ccccc1)c1ccccc1. The molecule has 4 aromatic carbocycles. The average molecular weight is 394 g/mol. The van der Waals surface area contributed by atoms with Crippen LogP contribution in [0.1, 0.15) is 5.56 Å². The van der Waals surface area contributed by atoms with Gasteiger partial charge in [0, 0.05) is 23.5 Å². The van der Waals surface area contributed by atoms with E-state index in [1.54, 1.807) is 0 Å². The van der Waals surface area contributed by atoms with Gasteiger partial charge in [-0.25, -0.2) is 0 Å². The summed E-state index contributed by atoms with van der Waals surface area (Å²) in [6.07, 6.45) is 2.26. The number of hydrogen-bond acceptors (Lipinski definition) is 2. The van der Waals surface area contributed by atoms with Crippen molar-refractivity contribution < 1.29 is 4.58 Å². The van der Waals surface area contributed by atoms with Gasteiger partial charge in [0.1, 0.15) is 0 Å². The minimum atomic E-state index is 0.894. The second-order valence-corrected chi connectivity index (χ2v) is 7.86. The summed E-state index contributed by atoms with van der Waals surface area (Å²) in [5.41, 5.74) is 6.02. The van der Waals surface area contributed by atoms with Gasteiger partial charge in [-0.3, -0.25) is 0 Å². The quantitative estimate of drug-likeness (QED) is 0.345. The van der Waals surface area contributed by atoms with Crippen LogP contribution in [0.2, 0.25) is 0 Å². The van der Waals surface area contributed by atoms with Crippen LogP contribution in [-0.2, 0) is 0 Å². The second kappa shape index (κ2) is 7.98. The molecule has 0 saturated heterocycles. The van der Waals surface area contributed by atoms with Crippen LogP contribution in [0.5, 0.6) is 0 Å². The number of nitrogens with zero attached hydrogens (tertiary/aromatic N) is 2. The maximum atomic E-state index is 2.35. The van der Waals surface area contributed by atoms with Crippen LogP contribution in [0.4, 0.5) is 22.7 Å². The molecule has 0 N–H and O–H groups in total. The van der Waals surface area contributed by atoms with E-state index in [0.29, 0.717) is 0 Å². The molecule has 2 nitrogen and oxygen atoms in total. The average Bonchev–Trinajstić information content (AvgIpc) is 2.81. The Balaban J connectivity index is 1.64. The Labute approximate surface area is 175 Å². The van der Waals surface area contributed by atoms with Crippen LogP contribution in [0, 0.1) is 0 Å². The lowest BCUT2D eigenvalue weighted by Gasteiger charge is -2.28. The number of para-hydroxylation sites is 3. The first-order chi connectivity index (χ1) is 14.4. The number of thioether (sulfide) groups is 1. The highest BCUT2D eigenvalue weighted by atomic mass is 32.2. The third kappa shape index (κ3) is 3.57. The monoisotopic (exact) mass is 393 g/mol. The van der Waals surface area contributed by atoms with Gasteiger partial charge in [-0.2, -0.15) is 4.58 Å². The molecule has 1 heterocycles. The van der Waals surface area contributed by atoms with Crippen molar-refractivity contribution in [1.82, 2.24) is 0 Å². The molecule has 4 aromatic rings. The molecule has 0 unspecified atom stereocenters. The smallest absolute Gasteiger partial charge is 0.205 e. The van der Waals surface area contributed by atoms with Gasteiger partial charge in [0.05, 0.1) is 16.1 Å². The first-order valence-electron chi connectivity index (χ1n) is 9.73. The van der Waals surface area contributed by atoms with Gasteiger partial charge in [-0.15, -0.1) is 0 Å². The first-order valence-corrected chi connectivity index (χ1v) is 10.7. The van der Waals surface area contributed by atoms with E-state index < -0.39 is 0 Å². The van der Waals surface area contributed by atoms with Gasteiger partial charge in [0.15, 0.2) is 12.1 Å². The van der Waals surface area contributed by atoms with Crippen LogP contribution >= 0.6 is 11.8 Å². The normalized spacial score (nSPS) is 12.8. The summed E-state index contributed by atoms with van der Waals surface area (Å²) in [6, 6.07) is 38.3. The number of hydrogen-bond donors (Lipinski definition) is 0. The van der Waals surface area contributed by atoms with Crippen molar-refractivity contribution in [1.29, 1.82) is 0 Å². The summed E-state index contributed by atoms with van der Waals surface area (Å²) in [7, 11) is 0. The predicted molar refractivity (Wildman–Crippen MR) is 123 cm³/mol. The maximum Gasteiger partial charge on any atom is 0.205 e. The van der Waals surface area contributed by atoms with E-state index in [1.807, 2.05) is 11.8 Å². The molecule has 140 valence electrons. The lowest BCUT2D eigenvalue weighted by atomic mass is 10.1. The van der Waals surface area contributed by atoms with Crippen LogP contribution in [-0.4, -0.2) is 16.7 Å². The molecule has 0 bridgehead atoms. The van der Waals surface area contributed by atoms with Crippen molar-refractivity contribution in [2.75, 3.05) is 10.8 Å². The number of benzene rings is 4. The highest BCUT2D eigenvalue weighted by Crippen LogP contribution is 2.42. The van der Waals surface area contributed by atoms with Gasteiger partial charge in [-0.05, 0) is 36.4 Å². The Bertz CT molecular complexity index is 1100. The molecule has 1 aliphatic rings. The van der Waals surface area contributed by atoms with Crippen LogP contribution in [0.15, 0.2) is 114 Å². The molecule has 0 amide bonds. The molecule has 3 heteroatoms. The minimum absolute atomic E-state index is 0.894. The standard InChI is InChI=1S/C26H21N2S/c1-4-12-22(13-5-1)27-19-21-11-10-18-25(26(21)29-20-27)28(23-14-6-2-7-15-23)24-16-8-3-9-17-24/h1-19H,20H2/q+1. The Hall–Kier alpha value is -3.30. The molecule has 0 fully saturated rings. The van der Waals surface area contributed by atoms with Crippen LogP contribution in [0.3, 0.4) is 0 Å². The molecule has 0 aliphatic carbocycles. The lowest BCUT2D eigenvalue weighted by molar-refractivity contribution is -0.411. The molecule has 29 heavy (non-hydrogen) atoms. The van der Waals surface area contributed by atoms with Crippen molar-refractivity contribution in [3.05, 3.63) is 115 Å². The molecule has 0 aromatic heterocycles. The Morgan fingerprint density at radius 2 is 1.21 bits per heavy atom. The van der Waals surface area contributed by atoms with E-state index in [2.05, 4.69) is 125 Å². The van der Waals surface area contributed by atoms with Crippen LogP contribution in [0.25, 0.3) is 0 Å². The van der Waals surface area contributed by atoms with Gasteiger partial charge >= 0.3 is 0 Å². The van der Waals surface area contributed by atoms with Gasteiger partial charge in [0.25, 0.3) is 0 Å². The topological polar surface area (TPSA) is 6.25 Å². The van der Waals surface area contributed by atoms with E-state index in [1.165, 1.54) is 21.8 Å². The van der Waals surface area contributed by atoms with Gasteiger partial charge in [0.2, 0.25) is 5.69 Å². The number of anilines is 3. The largest absolute Gasteiger partial charge is 0.309 e. The van der Waals surface area contributed by atoms with Crippen LogP contribution < -0.4 is 4.90 Å². The van der Waals surface area contributed by atoms with E-state index in [9.17, 15) is 0 Å². The molecular formula is C26H21N2S+. The summed E-state index contributed by atoms with van der Waals surface area (Å²) in [4.78, 5) is 3.66. The van der Waals surface area contributed by atoms with E-state index >= 15 is 0 Å². The third-order valence-electron chi connectivity index (χ3n) is 5.03. The highest BCUT2D eigenvalue weighted by Gasteiger charge is 2.24. The second-order valence-electron chi connectivity index (χ2n) is 6.91. The maximum absolute atomic E-state index is 2.35. The fraction of sp³-hybridized carbons (Fsp3) is 0.0385. The van der Waals surface area contributed by atoms with Crippen molar-refractivity contribution >= 4 is 40.7 Å². The molecule has 1 aliphatic heterocycles. The lowest BCUT2D eigenvalue weighted by Crippen LogP contribution is -2.16. The van der Waals surface area contributed by atoms with Gasteiger partial charge < -0.3 is 4.90 Å². The summed E-state index contributed by atoms with van der Waals surface area (Å²) < 4.78 is 2.31. The predicted octanol–water partition coefficient (Wildman–Crippen LogP) is 6.98. The number of fused-ring (bicyclic) bond motifs is 1. The van der Waals surface area contributed by atoms with Gasteiger partial charge in [-0.1, -0.05) is 72.4 Å². The summed E-state index contributed by atoms with van der Waals surface area (Å²) in [5.74, 6) is 0.894. The van der Waals surface area contributed by atoms with Crippen molar-refractivity contribution in [3.8, 4) is 0 Å². The third-order valence-corrected chi connectivity index (χ3v) is 6.17. The fourth-order valence-electron chi connectivity index (χ4n) is 3.67. The highest BCUT2D eigenvalue weighted by molar-refractivity contribution is 7.99. The zero-order valence-corrected chi connectivity index (χ0v) is 16.8. The van der Waals surface area contributed by atoms with E-state index in [-0.39, 0.29) is 0 Å². The molecule has 0 saturated carbocycles. The zero-order valence-electron chi connectivity index (χ0n) is 16.0. The Kier molecular flexibility index (Phi) is 4.89. The summed E-state index contributed by atoms with van der Waals surface area (Å²) in [5, 5.41) is 0. The minimum Gasteiger partial charge on any atom is -0.309 e. The first kappa shape index (κ1) is 17.8. The summed E-state index contributed by atoms with van der Waals surface area (Å²) >= 11 is 1.89. The fourth-order valence-corrected chi connectivity index (χ4v) is 4.75. The van der Waals surface area contributed by atoms with Crippen molar-refractivity contribution in [2.45, 2.75) is 4.90 Å². The molecule has 5 rings (SSSR count). The van der Waals surface area contributed by atoms with E-state index in [0.717, 1.165) is 17.3 Å². The molecule has 0 spiro atoms. The van der Waals surface area contributed by atoms with Crippen molar-refractivity contribution in [2.24, 2.45) is 0 Å². The number of rotatable bonds is 4.